The Kier molecular flexibility index (Phi) is 4.37. The molecule has 0 bridgehead atoms. The normalized spacial score (nSPS) is 14.5. The van der Waals surface area contributed by atoms with Crippen LogP contribution >= 0.6 is 0 Å². The van der Waals surface area contributed by atoms with Crippen LogP contribution in [0.5, 0.6) is 0 Å². The molecular weight excluding hydrogens is 274 g/mol. The summed E-state index contributed by atoms with van der Waals surface area (Å²) in [5.74, 6) is -0.0281. The minimum absolute atomic E-state index is 0.0281. The molecule has 1 aliphatic heterocycles. The van der Waals surface area contributed by atoms with Crippen molar-refractivity contribution in [1.29, 1.82) is 0 Å². The van der Waals surface area contributed by atoms with Crippen LogP contribution < -0.4 is 5.32 Å². The molecule has 0 saturated carbocycles. The molecular formula is C18H21N3O. The molecule has 0 fully saturated rings. The van der Waals surface area contributed by atoms with Gasteiger partial charge in [0.15, 0.2) is 0 Å². The summed E-state index contributed by atoms with van der Waals surface area (Å²) < 4.78 is 2.07. The molecule has 4 heteroatoms. The molecule has 0 spiro atoms. The Hall–Kier alpha value is -2.36. The van der Waals surface area contributed by atoms with E-state index in [1.807, 2.05) is 49.5 Å². The molecule has 3 rings (SSSR count). The first-order chi connectivity index (χ1) is 10.7. The first-order valence-electron chi connectivity index (χ1n) is 7.79. The lowest BCUT2D eigenvalue weighted by Crippen LogP contribution is -2.24. The Morgan fingerprint density at radius 2 is 2.14 bits per heavy atom. The third-order valence-electron chi connectivity index (χ3n) is 4.05. The van der Waals surface area contributed by atoms with E-state index in [0.29, 0.717) is 12.1 Å². The molecule has 0 saturated heterocycles. The number of benzene rings is 1. The van der Waals surface area contributed by atoms with Gasteiger partial charge in [-0.2, -0.15) is 5.10 Å². The predicted octanol–water partition coefficient (Wildman–Crippen LogP) is 2.94. The van der Waals surface area contributed by atoms with Crippen molar-refractivity contribution >= 4 is 12.0 Å². The summed E-state index contributed by atoms with van der Waals surface area (Å²) in [6, 6.07) is 9.89. The maximum absolute atomic E-state index is 12.2. The molecule has 1 aromatic carbocycles. The van der Waals surface area contributed by atoms with Crippen LogP contribution in [0.2, 0.25) is 0 Å². The van der Waals surface area contributed by atoms with Crippen LogP contribution in [0, 0.1) is 0 Å². The molecule has 1 aromatic heterocycles. The van der Waals surface area contributed by atoms with Crippen molar-refractivity contribution in [2.75, 3.05) is 0 Å². The van der Waals surface area contributed by atoms with Crippen molar-refractivity contribution in [2.45, 2.75) is 39.3 Å². The number of nitrogens with zero attached hydrogens (tertiary/aromatic N) is 2. The SMILES string of the molecule is C/C(=C\c1ccccc1)C(=O)NCc1cnn2c1CCCC2. The third-order valence-corrected chi connectivity index (χ3v) is 4.05. The summed E-state index contributed by atoms with van der Waals surface area (Å²) >= 11 is 0. The van der Waals surface area contributed by atoms with Crippen LogP contribution in [0.15, 0.2) is 42.1 Å². The van der Waals surface area contributed by atoms with Gasteiger partial charge in [-0.25, -0.2) is 0 Å². The maximum Gasteiger partial charge on any atom is 0.247 e. The number of carbonyl (C=O) groups is 1. The molecule has 1 aliphatic rings. The molecule has 0 aliphatic carbocycles. The topological polar surface area (TPSA) is 46.9 Å². The highest BCUT2D eigenvalue weighted by Crippen LogP contribution is 2.18. The third kappa shape index (κ3) is 3.27. The molecule has 1 N–H and O–H groups in total. The van der Waals surface area contributed by atoms with Gasteiger partial charge in [-0.15, -0.1) is 0 Å². The summed E-state index contributed by atoms with van der Waals surface area (Å²) in [7, 11) is 0. The number of hydrogen-bond acceptors (Lipinski definition) is 2. The van der Waals surface area contributed by atoms with E-state index in [-0.39, 0.29) is 5.91 Å². The maximum atomic E-state index is 12.2. The molecule has 2 aromatic rings. The Balaban J connectivity index is 1.63. The quantitative estimate of drug-likeness (QED) is 0.882. The van der Waals surface area contributed by atoms with E-state index < -0.39 is 0 Å². The monoisotopic (exact) mass is 295 g/mol. The van der Waals surface area contributed by atoms with Crippen molar-refractivity contribution in [2.24, 2.45) is 0 Å². The number of fused-ring (bicyclic) bond motifs is 1. The minimum Gasteiger partial charge on any atom is -0.348 e. The first kappa shape index (κ1) is 14.6. The molecule has 114 valence electrons. The van der Waals surface area contributed by atoms with Crippen LogP contribution in [-0.4, -0.2) is 15.7 Å². The van der Waals surface area contributed by atoms with Crippen molar-refractivity contribution in [1.82, 2.24) is 15.1 Å². The van der Waals surface area contributed by atoms with Crippen LogP contribution in [0.3, 0.4) is 0 Å². The van der Waals surface area contributed by atoms with Crippen LogP contribution in [0.4, 0.5) is 0 Å². The van der Waals surface area contributed by atoms with E-state index in [9.17, 15) is 4.79 Å². The Labute approximate surface area is 130 Å². The van der Waals surface area contributed by atoms with E-state index in [4.69, 9.17) is 0 Å². The molecule has 0 unspecified atom stereocenters. The largest absolute Gasteiger partial charge is 0.348 e. The predicted molar refractivity (Wildman–Crippen MR) is 87.1 cm³/mol. The number of amides is 1. The van der Waals surface area contributed by atoms with Gasteiger partial charge in [-0.05, 0) is 37.8 Å². The highest BCUT2D eigenvalue weighted by molar-refractivity contribution is 5.97. The lowest BCUT2D eigenvalue weighted by atomic mass is 10.1. The summed E-state index contributed by atoms with van der Waals surface area (Å²) in [6.07, 6.45) is 7.25. The second-order valence-electron chi connectivity index (χ2n) is 5.72. The lowest BCUT2D eigenvalue weighted by molar-refractivity contribution is -0.117. The van der Waals surface area contributed by atoms with Gasteiger partial charge in [-0.3, -0.25) is 9.48 Å². The number of carbonyl (C=O) groups excluding carboxylic acids is 1. The van der Waals surface area contributed by atoms with Gasteiger partial charge in [0.25, 0.3) is 0 Å². The van der Waals surface area contributed by atoms with Crippen molar-refractivity contribution in [3.05, 3.63) is 58.9 Å². The standard InChI is InChI=1S/C18H21N3O/c1-14(11-15-7-3-2-4-8-15)18(22)19-12-16-13-20-21-10-6-5-9-17(16)21/h2-4,7-8,11,13H,5-6,9-10,12H2,1H3,(H,19,22)/b14-11+. The fourth-order valence-corrected chi connectivity index (χ4v) is 2.81. The van der Waals surface area contributed by atoms with E-state index in [1.165, 1.54) is 18.5 Å². The van der Waals surface area contributed by atoms with Gasteiger partial charge in [0.05, 0.1) is 6.20 Å². The molecule has 22 heavy (non-hydrogen) atoms. The summed E-state index contributed by atoms with van der Waals surface area (Å²) in [4.78, 5) is 12.2. The van der Waals surface area contributed by atoms with Gasteiger partial charge in [0.2, 0.25) is 5.91 Å². The van der Waals surface area contributed by atoms with Crippen molar-refractivity contribution < 1.29 is 4.79 Å². The molecule has 0 atom stereocenters. The number of rotatable bonds is 4. The highest BCUT2D eigenvalue weighted by atomic mass is 16.1. The molecule has 2 heterocycles. The van der Waals surface area contributed by atoms with E-state index in [0.717, 1.165) is 24.1 Å². The number of aryl methyl sites for hydroxylation is 1. The van der Waals surface area contributed by atoms with Gasteiger partial charge >= 0.3 is 0 Å². The zero-order valence-electron chi connectivity index (χ0n) is 12.9. The van der Waals surface area contributed by atoms with E-state index in [1.54, 1.807) is 0 Å². The van der Waals surface area contributed by atoms with Crippen molar-refractivity contribution in [3.63, 3.8) is 0 Å². The zero-order chi connectivity index (χ0) is 15.4. The fourth-order valence-electron chi connectivity index (χ4n) is 2.81. The van der Waals surface area contributed by atoms with Crippen LogP contribution in [0.25, 0.3) is 6.08 Å². The summed E-state index contributed by atoms with van der Waals surface area (Å²) in [5.41, 5.74) is 4.17. The second-order valence-corrected chi connectivity index (χ2v) is 5.72. The van der Waals surface area contributed by atoms with Crippen LogP contribution in [-0.2, 0) is 24.3 Å². The smallest absolute Gasteiger partial charge is 0.247 e. The summed E-state index contributed by atoms with van der Waals surface area (Å²) in [5, 5.41) is 7.39. The second kappa shape index (κ2) is 6.60. The molecule has 1 amide bonds. The van der Waals surface area contributed by atoms with Crippen LogP contribution in [0.1, 0.15) is 36.6 Å². The lowest BCUT2D eigenvalue weighted by Gasteiger charge is -2.15. The average molecular weight is 295 g/mol. The van der Waals surface area contributed by atoms with E-state index >= 15 is 0 Å². The Morgan fingerprint density at radius 1 is 1.32 bits per heavy atom. The fraction of sp³-hybridized carbons (Fsp3) is 0.333. The van der Waals surface area contributed by atoms with Gasteiger partial charge < -0.3 is 5.32 Å². The van der Waals surface area contributed by atoms with E-state index in [2.05, 4.69) is 15.1 Å². The Bertz CT molecular complexity index is 686. The minimum atomic E-state index is -0.0281. The molecule has 0 radical (unpaired) electrons. The van der Waals surface area contributed by atoms with Crippen molar-refractivity contribution in [3.8, 4) is 0 Å². The highest BCUT2D eigenvalue weighted by Gasteiger charge is 2.15. The Morgan fingerprint density at radius 3 is 2.95 bits per heavy atom. The number of aromatic nitrogens is 2. The van der Waals surface area contributed by atoms with Gasteiger partial charge in [0.1, 0.15) is 0 Å². The number of nitrogens with one attached hydrogen (secondary N) is 1. The average Bonchev–Trinajstić information content (AvgIpc) is 2.97. The first-order valence-corrected chi connectivity index (χ1v) is 7.79. The molecule has 4 nitrogen and oxygen atoms in total. The van der Waals surface area contributed by atoms with Gasteiger partial charge in [0, 0.05) is 29.9 Å². The zero-order valence-corrected chi connectivity index (χ0v) is 12.9. The number of hydrogen-bond donors (Lipinski definition) is 1. The van der Waals surface area contributed by atoms with Gasteiger partial charge in [-0.1, -0.05) is 30.3 Å². The summed E-state index contributed by atoms with van der Waals surface area (Å²) in [6.45, 7) is 3.39.